The van der Waals surface area contributed by atoms with Crippen molar-refractivity contribution in [1.82, 2.24) is 14.6 Å². The largest absolute Gasteiger partial charge is 0.426 e. The number of nitrogens with zero attached hydrogens (tertiary/aromatic N) is 2. The second-order valence-electron chi connectivity index (χ2n) is 10.5. The highest BCUT2D eigenvalue weighted by Gasteiger charge is 2.29. The van der Waals surface area contributed by atoms with Crippen LogP contribution in [0.4, 0.5) is 4.39 Å². The van der Waals surface area contributed by atoms with Crippen molar-refractivity contribution in [3.63, 3.8) is 0 Å². The third-order valence-electron chi connectivity index (χ3n) is 8.11. The summed E-state index contributed by atoms with van der Waals surface area (Å²) in [5, 5.41) is 3.14. The lowest BCUT2D eigenvalue weighted by Crippen LogP contribution is -2.38. The first-order chi connectivity index (χ1) is 18.9. The van der Waals surface area contributed by atoms with Crippen LogP contribution < -0.4 is 10.1 Å². The Bertz CT molecular complexity index is 1570. The number of carbonyl (C=O) groups excluding carboxylic acids is 2. The summed E-state index contributed by atoms with van der Waals surface area (Å²) in [6, 6.07) is 18.6. The zero-order valence-electron chi connectivity index (χ0n) is 22.2. The first-order valence-electron chi connectivity index (χ1n) is 13.7. The molecule has 2 aliphatic rings. The summed E-state index contributed by atoms with van der Waals surface area (Å²) in [4.78, 5) is 28.0. The van der Waals surface area contributed by atoms with E-state index in [9.17, 15) is 9.59 Å². The third kappa shape index (κ3) is 4.72. The van der Waals surface area contributed by atoms with E-state index in [4.69, 9.17) is 4.74 Å². The minimum Gasteiger partial charge on any atom is -0.426 e. The molecule has 2 aliphatic heterocycles. The number of aromatic nitrogens is 1. The molecule has 2 aromatic carbocycles. The number of halogens is 1. The number of rotatable bonds is 5. The molecule has 1 unspecified atom stereocenters. The van der Waals surface area contributed by atoms with Crippen LogP contribution >= 0.6 is 0 Å². The number of benzene rings is 2. The van der Waals surface area contributed by atoms with Crippen LogP contribution in [0.25, 0.3) is 16.6 Å². The minimum atomic E-state index is -0.462. The van der Waals surface area contributed by atoms with E-state index >= 15 is 4.39 Å². The average molecular weight is 526 g/mol. The maximum Gasteiger partial charge on any atom is 0.315 e. The van der Waals surface area contributed by atoms with Crippen molar-refractivity contribution in [2.75, 3.05) is 19.6 Å². The molecule has 6 nitrogen and oxygen atoms in total. The number of hydrogen-bond acceptors (Lipinski definition) is 4. The average Bonchev–Trinajstić information content (AvgIpc) is 3.63. The molecule has 1 fully saturated rings. The molecule has 1 saturated heterocycles. The third-order valence-corrected chi connectivity index (χ3v) is 8.11. The van der Waals surface area contributed by atoms with Crippen molar-refractivity contribution >= 4 is 17.4 Å². The molecule has 0 aliphatic carbocycles. The maximum atomic E-state index is 15.2. The topological polar surface area (TPSA) is 63.0 Å². The van der Waals surface area contributed by atoms with E-state index in [2.05, 4.69) is 24.4 Å². The highest BCUT2D eigenvalue weighted by Crippen LogP contribution is 2.33. The molecule has 6 rings (SSSR count). The summed E-state index contributed by atoms with van der Waals surface area (Å²) in [5.41, 5.74) is 6.06. The van der Waals surface area contributed by atoms with Gasteiger partial charge in [0.05, 0.1) is 12.0 Å². The van der Waals surface area contributed by atoms with E-state index in [1.165, 1.54) is 17.2 Å². The number of carbonyl (C=O) groups is 2. The molecule has 0 saturated carbocycles. The number of esters is 1. The molecule has 1 N–H and O–H groups in total. The van der Waals surface area contributed by atoms with E-state index in [0.717, 1.165) is 37.0 Å². The Morgan fingerprint density at radius 3 is 2.72 bits per heavy atom. The molecule has 2 atom stereocenters. The van der Waals surface area contributed by atoms with Gasteiger partial charge >= 0.3 is 5.97 Å². The fraction of sp³-hybridized carbons (Fsp3) is 0.312. The van der Waals surface area contributed by atoms with E-state index in [1.54, 1.807) is 12.1 Å². The van der Waals surface area contributed by atoms with Crippen LogP contribution in [0.2, 0.25) is 0 Å². The summed E-state index contributed by atoms with van der Waals surface area (Å²) >= 11 is 0. The molecular weight excluding hydrogens is 493 g/mol. The van der Waals surface area contributed by atoms with Crippen LogP contribution in [0, 0.1) is 11.7 Å². The number of hydrogen-bond donors (Lipinski definition) is 1. The van der Waals surface area contributed by atoms with Crippen LogP contribution in [0.5, 0.6) is 5.75 Å². The van der Waals surface area contributed by atoms with Crippen LogP contribution in [0.3, 0.4) is 0 Å². The molecule has 4 aromatic rings. The van der Waals surface area contributed by atoms with Crippen LogP contribution in [0.1, 0.15) is 53.5 Å². The first-order valence-corrected chi connectivity index (χ1v) is 13.7. The van der Waals surface area contributed by atoms with Crippen molar-refractivity contribution in [3.8, 4) is 16.9 Å². The summed E-state index contributed by atoms with van der Waals surface area (Å²) in [5.74, 6) is -0.784. The van der Waals surface area contributed by atoms with E-state index in [-0.39, 0.29) is 29.6 Å². The van der Waals surface area contributed by atoms with Gasteiger partial charge in [0.25, 0.3) is 5.91 Å². The summed E-state index contributed by atoms with van der Waals surface area (Å²) in [6.45, 7) is 6.18. The van der Waals surface area contributed by atoms with Gasteiger partial charge in [0, 0.05) is 53.3 Å². The van der Waals surface area contributed by atoms with Gasteiger partial charge in [0.2, 0.25) is 0 Å². The molecule has 2 aromatic heterocycles. The van der Waals surface area contributed by atoms with E-state index in [1.807, 2.05) is 52.8 Å². The zero-order chi connectivity index (χ0) is 27.1. The Morgan fingerprint density at radius 1 is 1.10 bits per heavy atom. The van der Waals surface area contributed by atoms with Crippen LogP contribution in [0.15, 0.2) is 66.9 Å². The highest BCUT2D eigenvalue weighted by atomic mass is 19.1. The Labute approximate surface area is 227 Å². The predicted molar refractivity (Wildman–Crippen MR) is 148 cm³/mol. The van der Waals surface area contributed by atoms with Gasteiger partial charge in [0.15, 0.2) is 0 Å². The van der Waals surface area contributed by atoms with E-state index in [0.29, 0.717) is 29.8 Å². The van der Waals surface area contributed by atoms with Gasteiger partial charge in [-0.05, 0) is 74.2 Å². The van der Waals surface area contributed by atoms with Gasteiger partial charge in [-0.25, -0.2) is 4.39 Å². The number of nitrogens with one attached hydrogen (secondary N) is 1. The van der Waals surface area contributed by atoms with Gasteiger partial charge in [-0.1, -0.05) is 31.2 Å². The summed E-state index contributed by atoms with van der Waals surface area (Å²) < 4.78 is 22.7. The van der Waals surface area contributed by atoms with Crippen molar-refractivity contribution in [3.05, 3.63) is 95.1 Å². The number of aryl methyl sites for hydroxylation is 1. The molecular formula is C32H32FN3O3. The molecule has 0 bridgehead atoms. The second kappa shape index (κ2) is 10.3. The predicted octanol–water partition coefficient (Wildman–Crippen LogP) is 5.58. The first kappa shape index (κ1) is 25.3. The maximum absolute atomic E-state index is 15.2. The zero-order valence-corrected chi connectivity index (χ0v) is 22.2. The van der Waals surface area contributed by atoms with Crippen molar-refractivity contribution < 1.29 is 18.7 Å². The number of amides is 1. The minimum absolute atomic E-state index is 0.00209. The Hall–Kier alpha value is -3.97. The lowest BCUT2D eigenvalue weighted by Gasteiger charge is -2.35. The van der Waals surface area contributed by atoms with E-state index < -0.39 is 5.82 Å². The SMILES string of the molecule is CCc1cc(C(=O)N2CCc3ccccc3[C@H]2C)cc2cc(-c3ccc(OC(=O)C4CCNC4)cc3F)cn12. The normalized spacial score (nSPS) is 18.8. The number of fused-ring (bicyclic) bond motifs is 2. The molecule has 7 heteroatoms. The fourth-order valence-corrected chi connectivity index (χ4v) is 5.90. The Balaban J connectivity index is 1.28. The van der Waals surface area contributed by atoms with Crippen molar-refractivity contribution in [2.45, 2.75) is 39.2 Å². The monoisotopic (exact) mass is 525 g/mol. The quantitative estimate of drug-likeness (QED) is 0.273. The van der Waals surface area contributed by atoms with Gasteiger partial charge in [-0.2, -0.15) is 0 Å². The Kier molecular flexibility index (Phi) is 6.69. The molecule has 0 spiro atoms. The molecule has 200 valence electrons. The summed E-state index contributed by atoms with van der Waals surface area (Å²) in [6.07, 6.45) is 4.19. The molecule has 4 heterocycles. The van der Waals surface area contributed by atoms with Crippen molar-refractivity contribution in [1.29, 1.82) is 0 Å². The van der Waals surface area contributed by atoms with Gasteiger partial charge < -0.3 is 19.4 Å². The van der Waals surface area contributed by atoms with Crippen molar-refractivity contribution in [2.24, 2.45) is 5.92 Å². The van der Waals surface area contributed by atoms with Gasteiger partial charge in [-0.15, -0.1) is 0 Å². The fourth-order valence-electron chi connectivity index (χ4n) is 5.90. The summed E-state index contributed by atoms with van der Waals surface area (Å²) in [7, 11) is 0. The lowest BCUT2D eigenvalue weighted by atomic mass is 9.93. The Morgan fingerprint density at radius 2 is 1.95 bits per heavy atom. The number of pyridine rings is 1. The van der Waals surface area contributed by atoms with Gasteiger partial charge in [0.1, 0.15) is 11.6 Å². The van der Waals surface area contributed by atoms with Crippen LogP contribution in [-0.2, 0) is 17.6 Å². The second-order valence-corrected chi connectivity index (χ2v) is 10.5. The smallest absolute Gasteiger partial charge is 0.315 e. The molecule has 0 radical (unpaired) electrons. The van der Waals surface area contributed by atoms with Crippen LogP contribution in [-0.4, -0.2) is 40.8 Å². The lowest BCUT2D eigenvalue weighted by molar-refractivity contribution is -0.138. The number of ether oxygens (including phenoxy) is 1. The molecule has 1 amide bonds. The van der Waals surface area contributed by atoms with Gasteiger partial charge in [-0.3, -0.25) is 9.59 Å². The molecule has 39 heavy (non-hydrogen) atoms. The highest BCUT2D eigenvalue weighted by molar-refractivity contribution is 5.96. The standard InChI is InChI=1S/C32H32FN3O3/c1-3-25-14-23(31(37)35-13-11-21-6-4-5-7-28(21)20(35)2)15-26-16-24(19-36(25)26)29-9-8-27(17-30(29)33)39-32(38)22-10-12-34-18-22/h4-9,14-17,19-20,22,34H,3,10-13,18H2,1-2H3/t20-,22?/m1/s1.